The van der Waals surface area contributed by atoms with Crippen LogP contribution in [0.1, 0.15) is 12.5 Å². The number of likely N-dealkylation sites (N-methyl/N-ethyl adjacent to an activating group) is 1. The van der Waals surface area contributed by atoms with Gasteiger partial charge < -0.3 is 5.32 Å². The van der Waals surface area contributed by atoms with Gasteiger partial charge >= 0.3 is 6.18 Å². The van der Waals surface area contributed by atoms with Crippen molar-refractivity contribution >= 4 is 11.6 Å². The number of hydrogen-bond acceptors (Lipinski definition) is 3. The first-order chi connectivity index (χ1) is 9.23. The van der Waals surface area contributed by atoms with Crippen LogP contribution in [0.25, 0.3) is 0 Å². The smallest absolute Gasteiger partial charge is 0.325 e. The fourth-order valence-electron chi connectivity index (χ4n) is 1.53. The number of alkyl halides is 3. The molecule has 0 fully saturated rings. The van der Waals surface area contributed by atoms with Crippen LogP contribution in [0, 0.1) is 11.3 Å². The second-order valence-corrected chi connectivity index (χ2v) is 4.39. The lowest BCUT2D eigenvalue weighted by molar-refractivity contribution is -0.149. The zero-order valence-corrected chi connectivity index (χ0v) is 11.0. The van der Waals surface area contributed by atoms with Crippen molar-refractivity contribution in [2.24, 2.45) is 0 Å². The molecule has 0 aliphatic rings. The Morgan fingerprint density at radius 2 is 2.15 bits per heavy atom. The van der Waals surface area contributed by atoms with Gasteiger partial charge in [-0.3, -0.25) is 9.69 Å². The largest absolute Gasteiger partial charge is 0.401 e. The van der Waals surface area contributed by atoms with Crippen LogP contribution in [0.5, 0.6) is 0 Å². The number of carbonyl (C=O) groups excluding carboxylic acids is 1. The van der Waals surface area contributed by atoms with Gasteiger partial charge in [0.05, 0.1) is 24.2 Å². The molecule has 0 aliphatic carbocycles. The van der Waals surface area contributed by atoms with Crippen molar-refractivity contribution in [1.82, 2.24) is 4.90 Å². The summed E-state index contributed by atoms with van der Waals surface area (Å²) in [5.74, 6) is -0.563. The monoisotopic (exact) mass is 285 g/mol. The first kappa shape index (κ1) is 16.0. The van der Waals surface area contributed by atoms with Crippen LogP contribution in [-0.4, -0.2) is 36.6 Å². The lowest BCUT2D eigenvalue weighted by atomic mass is 10.2. The third-order valence-corrected chi connectivity index (χ3v) is 2.73. The molecule has 7 heteroatoms. The fourth-order valence-corrected chi connectivity index (χ4v) is 1.53. The second kappa shape index (κ2) is 6.39. The highest BCUT2D eigenvalue weighted by Gasteiger charge is 2.32. The summed E-state index contributed by atoms with van der Waals surface area (Å²) in [7, 11) is 1.23. The Morgan fingerprint density at radius 3 is 2.70 bits per heavy atom. The Kier molecular flexibility index (Phi) is 5.11. The standard InChI is InChI=1S/C13H14F3N3O/c1-9(19(2)8-13(14,15)16)12(20)18-11-5-3-4-10(6-11)7-17/h3-6,9H,8H2,1-2H3,(H,18,20). The van der Waals surface area contributed by atoms with E-state index in [1.165, 1.54) is 20.0 Å². The van der Waals surface area contributed by atoms with Gasteiger partial charge in [0, 0.05) is 5.69 Å². The first-order valence-corrected chi connectivity index (χ1v) is 5.81. The average molecular weight is 285 g/mol. The Balaban J connectivity index is 2.68. The Morgan fingerprint density at radius 1 is 1.50 bits per heavy atom. The van der Waals surface area contributed by atoms with Crippen molar-refractivity contribution in [3.8, 4) is 6.07 Å². The molecule has 1 aromatic carbocycles. The lowest BCUT2D eigenvalue weighted by Gasteiger charge is -2.24. The molecule has 4 nitrogen and oxygen atoms in total. The van der Waals surface area contributed by atoms with Crippen molar-refractivity contribution in [3.63, 3.8) is 0 Å². The van der Waals surface area contributed by atoms with Crippen molar-refractivity contribution in [1.29, 1.82) is 5.26 Å². The molecule has 0 aliphatic heterocycles. The molecule has 1 N–H and O–H groups in total. The van der Waals surface area contributed by atoms with Gasteiger partial charge in [-0.2, -0.15) is 18.4 Å². The molecule has 1 rings (SSSR count). The highest BCUT2D eigenvalue weighted by atomic mass is 19.4. The van der Waals surface area contributed by atoms with Gasteiger partial charge in [-0.05, 0) is 32.2 Å². The molecule has 0 bridgehead atoms. The molecular weight excluding hydrogens is 271 g/mol. The number of hydrogen-bond donors (Lipinski definition) is 1. The van der Waals surface area contributed by atoms with Gasteiger partial charge in [0.25, 0.3) is 0 Å². The topological polar surface area (TPSA) is 56.1 Å². The Labute approximate surface area is 114 Å². The van der Waals surface area contributed by atoms with Crippen LogP contribution >= 0.6 is 0 Å². The maximum atomic E-state index is 12.2. The predicted molar refractivity (Wildman–Crippen MR) is 67.9 cm³/mol. The molecule has 0 radical (unpaired) electrons. The highest BCUT2D eigenvalue weighted by Crippen LogP contribution is 2.17. The van der Waals surface area contributed by atoms with Gasteiger partial charge in [-0.15, -0.1) is 0 Å². The summed E-state index contributed by atoms with van der Waals surface area (Å²) in [6.07, 6.45) is -4.36. The number of anilines is 1. The van der Waals surface area contributed by atoms with Crippen LogP contribution in [0.2, 0.25) is 0 Å². The molecule has 0 heterocycles. The molecule has 0 spiro atoms. The number of halogens is 3. The maximum Gasteiger partial charge on any atom is 0.401 e. The molecular formula is C13H14F3N3O. The molecule has 1 unspecified atom stereocenters. The summed E-state index contributed by atoms with van der Waals surface area (Å²) >= 11 is 0. The molecule has 20 heavy (non-hydrogen) atoms. The van der Waals surface area contributed by atoms with E-state index < -0.39 is 24.7 Å². The fraction of sp³-hybridized carbons (Fsp3) is 0.385. The van der Waals surface area contributed by atoms with Gasteiger partial charge in [0.15, 0.2) is 0 Å². The summed E-state index contributed by atoms with van der Waals surface area (Å²) in [5.41, 5.74) is 0.736. The summed E-state index contributed by atoms with van der Waals surface area (Å²) < 4.78 is 36.7. The molecule has 108 valence electrons. The van der Waals surface area contributed by atoms with Gasteiger partial charge in [0.2, 0.25) is 5.91 Å². The number of nitriles is 1. The minimum absolute atomic E-state index is 0.360. The normalized spacial score (nSPS) is 12.8. The van der Waals surface area contributed by atoms with Crippen LogP contribution < -0.4 is 5.32 Å². The van der Waals surface area contributed by atoms with Crippen molar-refractivity contribution in [3.05, 3.63) is 29.8 Å². The van der Waals surface area contributed by atoms with Crippen LogP contribution in [-0.2, 0) is 4.79 Å². The zero-order chi connectivity index (χ0) is 15.3. The SMILES string of the molecule is CC(C(=O)Nc1cccc(C#N)c1)N(C)CC(F)(F)F. The Bertz CT molecular complexity index is 522. The molecule has 1 atom stereocenters. The molecule has 0 saturated carbocycles. The number of nitrogens with zero attached hydrogens (tertiary/aromatic N) is 2. The van der Waals surface area contributed by atoms with Gasteiger partial charge in [-0.1, -0.05) is 6.07 Å². The van der Waals surface area contributed by atoms with Crippen LogP contribution in [0.4, 0.5) is 18.9 Å². The first-order valence-electron chi connectivity index (χ1n) is 5.81. The number of carbonyl (C=O) groups is 1. The van der Waals surface area contributed by atoms with Crippen LogP contribution in [0.15, 0.2) is 24.3 Å². The molecule has 1 amide bonds. The van der Waals surface area contributed by atoms with Crippen LogP contribution in [0.3, 0.4) is 0 Å². The van der Waals surface area contributed by atoms with Crippen molar-refractivity contribution < 1.29 is 18.0 Å². The molecule has 0 aromatic heterocycles. The van der Waals surface area contributed by atoms with E-state index in [4.69, 9.17) is 5.26 Å². The predicted octanol–water partition coefficient (Wildman–Crippen LogP) is 2.38. The summed E-state index contributed by atoms with van der Waals surface area (Å²) in [6.45, 7) is 0.217. The van der Waals surface area contributed by atoms with E-state index in [-0.39, 0.29) is 0 Å². The second-order valence-electron chi connectivity index (χ2n) is 4.39. The quantitative estimate of drug-likeness (QED) is 0.924. The van der Waals surface area contributed by atoms with Crippen molar-refractivity contribution in [2.45, 2.75) is 19.1 Å². The molecule has 0 saturated heterocycles. The number of benzene rings is 1. The van der Waals surface area contributed by atoms with E-state index in [0.717, 1.165) is 4.90 Å². The van der Waals surface area contributed by atoms with Crippen molar-refractivity contribution in [2.75, 3.05) is 18.9 Å². The number of rotatable bonds is 4. The van der Waals surface area contributed by atoms with Gasteiger partial charge in [0.1, 0.15) is 0 Å². The van der Waals surface area contributed by atoms with E-state index in [2.05, 4.69) is 5.32 Å². The summed E-state index contributed by atoms with van der Waals surface area (Å²) in [4.78, 5) is 12.7. The third kappa shape index (κ3) is 4.90. The summed E-state index contributed by atoms with van der Waals surface area (Å²) in [6, 6.07) is 7.13. The minimum atomic E-state index is -4.36. The zero-order valence-electron chi connectivity index (χ0n) is 11.0. The minimum Gasteiger partial charge on any atom is -0.325 e. The molecule has 1 aromatic rings. The third-order valence-electron chi connectivity index (χ3n) is 2.73. The number of amides is 1. The van der Waals surface area contributed by atoms with E-state index in [9.17, 15) is 18.0 Å². The lowest BCUT2D eigenvalue weighted by Crippen LogP contribution is -2.44. The highest BCUT2D eigenvalue weighted by molar-refractivity contribution is 5.94. The van der Waals surface area contributed by atoms with E-state index in [1.807, 2.05) is 6.07 Å². The van der Waals surface area contributed by atoms with E-state index >= 15 is 0 Å². The maximum absolute atomic E-state index is 12.2. The van der Waals surface area contributed by atoms with Gasteiger partial charge in [-0.25, -0.2) is 0 Å². The number of nitrogens with one attached hydrogen (secondary N) is 1. The average Bonchev–Trinajstić information content (AvgIpc) is 2.36. The van der Waals surface area contributed by atoms with E-state index in [1.54, 1.807) is 18.2 Å². The van der Waals surface area contributed by atoms with E-state index in [0.29, 0.717) is 11.3 Å². The summed E-state index contributed by atoms with van der Waals surface area (Å²) in [5, 5.41) is 11.2. The Hall–Kier alpha value is -2.07.